The SMILES string of the molecule is COc1cc(N2CC(CN)CC2=O)ccc1C(C)=O. The van der Waals surface area contributed by atoms with Crippen molar-refractivity contribution in [1.82, 2.24) is 0 Å². The Morgan fingerprint density at radius 2 is 2.26 bits per heavy atom. The number of ether oxygens (including phenoxy) is 1. The lowest BCUT2D eigenvalue weighted by Gasteiger charge is -2.18. The maximum absolute atomic E-state index is 11.9. The van der Waals surface area contributed by atoms with E-state index >= 15 is 0 Å². The van der Waals surface area contributed by atoms with Gasteiger partial charge in [-0.25, -0.2) is 0 Å². The van der Waals surface area contributed by atoms with Gasteiger partial charge in [-0.15, -0.1) is 0 Å². The molecule has 1 saturated heterocycles. The molecule has 0 spiro atoms. The van der Waals surface area contributed by atoms with E-state index in [-0.39, 0.29) is 17.6 Å². The van der Waals surface area contributed by atoms with Gasteiger partial charge in [0.05, 0.1) is 12.7 Å². The van der Waals surface area contributed by atoms with Crippen LogP contribution in [0.25, 0.3) is 0 Å². The number of Topliss-reactive ketones (excluding diaryl/α,β-unsaturated/α-hetero) is 1. The third-order valence-electron chi connectivity index (χ3n) is 3.41. The van der Waals surface area contributed by atoms with Gasteiger partial charge in [-0.1, -0.05) is 0 Å². The quantitative estimate of drug-likeness (QED) is 0.828. The second-order valence-corrected chi connectivity index (χ2v) is 4.75. The van der Waals surface area contributed by atoms with Gasteiger partial charge in [-0.3, -0.25) is 9.59 Å². The minimum Gasteiger partial charge on any atom is -0.496 e. The fraction of sp³-hybridized carbons (Fsp3) is 0.429. The summed E-state index contributed by atoms with van der Waals surface area (Å²) >= 11 is 0. The molecule has 1 heterocycles. The van der Waals surface area contributed by atoms with Crippen LogP contribution in [0.2, 0.25) is 0 Å². The average molecular weight is 262 g/mol. The van der Waals surface area contributed by atoms with Crippen LogP contribution in [0, 0.1) is 5.92 Å². The Labute approximate surface area is 112 Å². The van der Waals surface area contributed by atoms with E-state index in [1.807, 2.05) is 0 Å². The number of amides is 1. The molecule has 1 aliphatic rings. The lowest BCUT2D eigenvalue weighted by atomic mass is 10.1. The van der Waals surface area contributed by atoms with Gasteiger partial charge in [-0.05, 0) is 31.5 Å². The first-order chi connectivity index (χ1) is 9.06. The second kappa shape index (κ2) is 5.40. The number of rotatable bonds is 4. The number of hydrogen-bond donors (Lipinski definition) is 1. The Balaban J connectivity index is 2.31. The van der Waals surface area contributed by atoms with Crippen molar-refractivity contribution in [1.29, 1.82) is 0 Å². The fourth-order valence-corrected chi connectivity index (χ4v) is 2.33. The van der Waals surface area contributed by atoms with E-state index in [9.17, 15) is 9.59 Å². The molecule has 1 unspecified atom stereocenters. The summed E-state index contributed by atoms with van der Waals surface area (Å²) in [6, 6.07) is 5.20. The van der Waals surface area contributed by atoms with Crippen molar-refractivity contribution in [2.24, 2.45) is 11.7 Å². The Hall–Kier alpha value is -1.88. The maximum atomic E-state index is 11.9. The number of carbonyl (C=O) groups excluding carboxylic acids is 2. The molecule has 1 fully saturated rings. The summed E-state index contributed by atoms with van der Waals surface area (Å²) in [5.74, 6) is 0.698. The van der Waals surface area contributed by atoms with Crippen LogP contribution in [0.4, 0.5) is 5.69 Å². The number of nitrogens with zero attached hydrogens (tertiary/aromatic N) is 1. The molecule has 0 saturated carbocycles. The predicted octanol–water partition coefficient (Wildman–Crippen LogP) is 1.21. The first-order valence-electron chi connectivity index (χ1n) is 6.26. The molecule has 5 heteroatoms. The van der Waals surface area contributed by atoms with Crippen LogP contribution < -0.4 is 15.4 Å². The third-order valence-corrected chi connectivity index (χ3v) is 3.41. The molecule has 2 rings (SSSR count). The first-order valence-corrected chi connectivity index (χ1v) is 6.26. The van der Waals surface area contributed by atoms with Crippen molar-refractivity contribution >= 4 is 17.4 Å². The van der Waals surface area contributed by atoms with Gasteiger partial charge >= 0.3 is 0 Å². The molecule has 19 heavy (non-hydrogen) atoms. The minimum absolute atomic E-state index is 0.0593. The van der Waals surface area contributed by atoms with Crippen LogP contribution in [-0.4, -0.2) is 31.9 Å². The van der Waals surface area contributed by atoms with E-state index in [2.05, 4.69) is 0 Å². The van der Waals surface area contributed by atoms with Gasteiger partial charge in [0.15, 0.2) is 5.78 Å². The Morgan fingerprint density at radius 3 is 2.79 bits per heavy atom. The van der Waals surface area contributed by atoms with Crippen molar-refractivity contribution in [2.75, 3.05) is 25.1 Å². The number of nitrogens with two attached hydrogens (primary N) is 1. The van der Waals surface area contributed by atoms with Crippen molar-refractivity contribution in [3.63, 3.8) is 0 Å². The highest BCUT2D eigenvalue weighted by molar-refractivity contribution is 5.99. The average Bonchev–Trinajstić information content (AvgIpc) is 2.79. The van der Waals surface area contributed by atoms with Crippen molar-refractivity contribution in [3.05, 3.63) is 23.8 Å². The smallest absolute Gasteiger partial charge is 0.227 e. The lowest BCUT2D eigenvalue weighted by Crippen LogP contribution is -2.25. The first kappa shape index (κ1) is 13.5. The zero-order chi connectivity index (χ0) is 14.0. The monoisotopic (exact) mass is 262 g/mol. The van der Waals surface area contributed by atoms with Gasteiger partial charge in [0.1, 0.15) is 5.75 Å². The van der Waals surface area contributed by atoms with Crippen molar-refractivity contribution in [2.45, 2.75) is 13.3 Å². The van der Waals surface area contributed by atoms with Crippen LogP contribution in [0.3, 0.4) is 0 Å². The summed E-state index contributed by atoms with van der Waals surface area (Å²) in [5.41, 5.74) is 6.88. The van der Waals surface area contributed by atoms with Gasteiger partial charge in [-0.2, -0.15) is 0 Å². The Kier molecular flexibility index (Phi) is 3.85. The molecule has 0 radical (unpaired) electrons. The summed E-state index contributed by atoms with van der Waals surface area (Å²) in [7, 11) is 1.51. The van der Waals surface area contributed by atoms with E-state index in [0.717, 1.165) is 5.69 Å². The van der Waals surface area contributed by atoms with Gasteiger partial charge in [0, 0.05) is 24.7 Å². The molecule has 1 amide bonds. The summed E-state index contributed by atoms with van der Waals surface area (Å²) in [6.07, 6.45) is 0.479. The molecule has 1 aromatic carbocycles. The predicted molar refractivity (Wildman–Crippen MR) is 72.5 cm³/mol. The molecular weight excluding hydrogens is 244 g/mol. The maximum Gasteiger partial charge on any atom is 0.227 e. The van der Waals surface area contributed by atoms with Crippen LogP contribution in [0.15, 0.2) is 18.2 Å². The second-order valence-electron chi connectivity index (χ2n) is 4.75. The van der Waals surface area contributed by atoms with Gasteiger partial charge in [0.2, 0.25) is 5.91 Å². The Morgan fingerprint density at radius 1 is 1.53 bits per heavy atom. The summed E-state index contributed by atoms with van der Waals surface area (Å²) in [6.45, 7) is 2.62. The summed E-state index contributed by atoms with van der Waals surface area (Å²) < 4.78 is 5.21. The molecule has 102 valence electrons. The molecule has 0 aromatic heterocycles. The topological polar surface area (TPSA) is 72.6 Å². The number of hydrogen-bond acceptors (Lipinski definition) is 4. The zero-order valence-electron chi connectivity index (χ0n) is 11.2. The van der Waals surface area contributed by atoms with Gasteiger partial charge in [0.25, 0.3) is 0 Å². The van der Waals surface area contributed by atoms with E-state index < -0.39 is 0 Å². The van der Waals surface area contributed by atoms with Crippen LogP contribution >= 0.6 is 0 Å². The van der Waals surface area contributed by atoms with Crippen LogP contribution in [0.5, 0.6) is 5.75 Å². The normalized spacial score (nSPS) is 18.8. The molecule has 1 aromatic rings. The van der Waals surface area contributed by atoms with Crippen molar-refractivity contribution in [3.8, 4) is 5.75 Å². The molecule has 5 nitrogen and oxygen atoms in total. The third kappa shape index (κ3) is 2.61. The molecule has 1 aliphatic heterocycles. The number of anilines is 1. The molecule has 0 aliphatic carbocycles. The van der Waals surface area contributed by atoms with Crippen LogP contribution in [-0.2, 0) is 4.79 Å². The molecule has 0 bridgehead atoms. The van der Waals surface area contributed by atoms with Crippen LogP contribution in [0.1, 0.15) is 23.7 Å². The standard InChI is InChI=1S/C14H18N2O3/c1-9(17)12-4-3-11(6-13(12)19-2)16-8-10(7-15)5-14(16)18/h3-4,6,10H,5,7-8,15H2,1-2H3. The lowest BCUT2D eigenvalue weighted by molar-refractivity contribution is -0.117. The van der Waals surface area contributed by atoms with Gasteiger partial charge < -0.3 is 15.4 Å². The largest absolute Gasteiger partial charge is 0.496 e. The number of carbonyl (C=O) groups is 2. The number of methoxy groups -OCH3 is 1. The minimum atomic E-state index is -0.0593. The molecular formula is C14H18N2O3. The highest BCUT2D eigenvalue weighted by Crippen LogP contribution is 2.30. The van der Waals surface area contributed by atoms with E-state index in [1.54, 1.807) is 23.1 Å². The van der Waals surface area contributed by atoms with E-state index in [1.165, 1.54) is 14.0 Å². The number of ketones is 1. The number of benzene rings is 1. The van der Waals surface area contributed by atoms with E-state index in [0.29, 0.717) is 30.8 Å². The summed E-state index contributed by atoms with van der Waals surface area (Å²) in [4.78, 5) is 25.1. The highest BCUT2D eigenvalue weighted by Gasteiger charge is 2.30. The fourth-order valence-electron chi connectivity index (χ4n) is 2.33. The molecule has 2 N–H and O–H groups in total. The zero-order valence-corrected chi connectivity index (χ0v) is 11.2. The highest BCUT2D eigenvalue weighted by atomic mass is 16.5. The Bertz CT molecular complexity index is 513. The molecule has 1 atom stereocenters. The van der Waals surface area contributed by atoms with Crippen molar-refractivity contribution < 1.29 is 14.3 Å². The van der Waals surface area contributed by atoms with E-state index in [4.69, 9.17) is 10.5 Å². The summed E-state index contributed by atoms with van der Waals surface area (Å²) in [5, 5.41) is 0.